The molecular formula is C42H35N6+. The molecule has 6 heterocycles. The summed E-state index contributed by atoms with van der Waals surface area (Å²) in [5.74, 6) is 2.20. The summed E-state index contributed by atoms with van der Waals surface area (Å²) in [6.07, 6.45) is 15.5. The third-order valence-corrected chi connectivity index (χ3v) is 10.4. The molecule has 0 fully saturated rings. The molecule has 3 aliphatic rings. The zero-order valence-electron chi connectivity index (χ0n) is 27.0. The molecular weight excluding hydrogens is 589 g/mol. The van der Waals surface area contributed by atoms with Crippen LogP contribution in [-0.4, -0.2) is 21.1 Å². The topological polar surface area (TPSA) is 32.2 Å². The SMILES string of the molecule is CC=CC=C(NC)n1c2ccccc2c2ccc3c(c21)C1C[n+]2c(ccc4c5ccccc5n(c42)C2C=CC=CN12)N3c1ccccc1. The standard InChI is InChI=1S/C42H35N6/c1-3-4-20-37(43-2)47-33-18-10-8-16-29(33)31-22-24-35-40(41(31)47)36-27-45-39(46(35)28-14-6-5-7-15-28)25-23-32-30-17-9-11-19-34(30)48(42(32)45)38-21-12-13-26-44(36)38/h3-26,36,38,43H,27H2,1-2H3/q+1. The van der Waals surface area contributed by atoms with Crippen molar-refractivity contribution < 1.29 is 4.57 Å². The number of anilines is 3. The molecule has 232 valence electrons. The molecule has 4 aromatic carbocycles. The molecule has 48 heavy (non-hydrogen) atoms. The first kappa shape index (κ1) is 27.1. The van der Waals surface area contributed by atoms with Crippen LogP contribution in [0.4, 0.5) is 17.2 Å². The van der Waals surface area contributed by atoms with Gasteiger partial charge in [0.1, 0.15) is 22.7 Å². The van der Waals surface area contributed by atoms with Gasteiger partial charge in [-0.15, -0.1) is 0 Å². The van der Waals surface area contributed by atoms with E-state index in [1.165, 1.54) is 55.0 Å². The molecule has 2 unspecified atom stereocenters. The minimum Gasteiger partial charge on any atom is -0.374 e. The van der Waals surface area contributed by atoms with Gasteiger partial charge in [-0.05, 0) is 67.6 Å². The number of allylic oxidation sites excluding steroid dienone is 5. The summed E-state index contributed by atoms with van der Waals surface area (Å²) >= 11 is 0. The highest BCUT2D eigenvalue weighted by Gasteiger charge is 2.44. The van der Waals surface area contributed by atoms with Gasteiger partial charge in [0.25, 0.3) is 0 Å². The summed E-state index contributed by atoms with van der Waals surface area (Å²) in [5.41, 5.74) is 8.56. The van der Waals surface area contributed by atoms with Gasteiger partial charge in [-0.2, -0.15) is 0 Å². The maximum absolute atomic E-state index is 3.56. The van der Waals surface area contributed by atoms with E-state index in [1.54, 1.807) is 0 Å². The highest BCUT2D eigenvalue weighted by molar-refractivity contribution is 6.13. The minimum atomic E-state index is 0.0120. The lowest BCUT2D eigenvalue weighted by atomic mass is 9.97. The number of hydrogen-bond donors (Lipinski definition) is 1. The maximum Gasteiger partial charge on any atom is 0.239 e. The molecule has 10 rings (SSSR count). The van der Waals surface area contributed by atoms with Crippen molar-refractivity contribution in [3.63, 3.8) is 0 Å². The number of nitrogens with zero attached hydrogens (tertiary/aromatic N) is 5. The van der Waals surface area contributed by atoms with E-state index < -0.39 is 0 Å². The highest BCUT2D eigenvalue weighted by Crippen LogP contribution is 2.51. The van der Waals surface area contributed by atoms with Crippen molar-refractivity contribution in [3.05, 3.63) is 151 Å². The van der Waals surface area contributed by atoms with Crippen molar-refractivity contribution in [2.45, 2.75) is 25.7 Å². The molecule has 3 aromatic heterocycles. The average molecular weight is 624 g/mol. The van der Waals surface area contributed by atoms with E-state index in [-0.39, 0.29) is 12.2 Å². The third kappa shape index (κ3) is 3.54. The molecule has 0 radical (unpaired) electrons. The minimum absolute atomic E-state index is 0.0120. The number of hydrogen-bond acceptors (Lipinski definition) is 3. The van der Waals surface area contributed by atoms with Gasteiger partial charge in [-0.1, -0.05) is 72.8 Å². The quantitative estimate of drug-likeness (QED) is 0.157. The van der Waals surface area contributed by atoms with Crippen LogP contribution in [0.2, 0.25) is 0 Å². The molecule has 2 atom stereocenters. The summed E-state index contributed by atoms with van der Waals surface area (Å²) < 4.78 is 7.59. The Kier molecular flexibility index (Phi) is 5.79. The lowest BCUT2D eigenvalue weighted by Crippen LogP contribution is -2.41. The number of aromatic nitrogens is 3. The monoisotopic (exact) mass is 623 g/mol. The van der Waals surface area contributed by atoms with Crippen LogP contribution < -0.4 is 14.8 Å². The van der Waals surface area contributed by atoms with E-state index in [1.807, 2.05) is 7.05 Å². The van der Waals surface area contributed by atoms with Crippen molar-refractivity contribution in [2.75, 3.05) is 11.9 Å². The molecule has 3 aliphatic heterocycles. The van der Waals surface area contributed by atoms with Crippen molar-refractivity contribution in [1.29, 1.82) is 0 Å². The lowest BCUT2D eigenvalue weighted by molar-refractivity contribution is -0.663. The number of pyridine rings is 1. The molecule has 2 bridgehead atoms. The molecule has 6 heteroatoms. The van der Waals surface area contributed by atoms with Gasteiger partial charge < -0.3 is 10.2 Å². The highest BCUT2D eigenvalue weighted by atomic mass is 15.4. The second kappa shape index (κ2) is 10.2. The Morgan fingerprint density at radius 3 is 2.35 bits per heavy atom. The first-order valence-corrected chi connectivity index (χ1v) is 16.8. The van der Waals surface area contributed by atoms with Crippen LogP contribution in [0.5, 0.6) is 0 Å². The normalized spacial score (nSPS) is 18.3. The van der Waals surface area contributed by atoms with Gasteiger partial charge in [-0.25, -0.2) is 14.0 Å². The first-order valence-electron chi connectivity index (χ1n) is 16.8. The molecule has 0 aliphatic carbocycles. The number of rotatable bonds is 4. The zero-order chi connectivity index (χ0) is 31.9. The molecule has 0 spiro atoms. The van der Waals surface area contributed by atoms with Crippen LogP contribution in [0.1, 0.15) is 24.7 Å². The van der Waals surface area contributed by atoms with Crippen molar-refractivity contribution in [2.24, 2.45) is 0 Å². The largest absolute Gasteiger partial charge is 0.374 e. The lowest BCUT2D eigenvalue weighted by Gasteiger charge is -2.35. The van der Waals surface area contributed by atoms with Crippen LogP contribution in [0.25, 0.3) is 49.6 Å². The Hall–Kier alpha value is -6.01. The number of fused-ring (bicyclic) bond motifs is 13. The summed E-state index contributed by atoms with van der Waals surface area (Å²) in [6, 6.07) is 37.9. The Balaban J connectivity index is 1.41. The van der Waals surface area contributed by atoms with Gasteiger partial charge >= 0.3 is 0 Å². The third-order valence-electron chi connectivity index (χ3n) is 10.4. The molecule has 6 nitrogen and oxygen atoms in total. The Bertz CT molecular complexity index is 2560. The van der Waals surface area contributed by atoms with Crippen molar-refractivity contribution in [1.82, 2.24) is 19.4 Å². The Labute approximate surface area is 279 Å². The summed E-state index contributed by atoms with van der Waals surface area (Å²) in [6.45, 7) is 2.86. The second-order valence-corrected chi connectivity index (χ2v) is 12.8. The predicted octanol–water partition coefficient (Wildman–Crippen LogP) is 9.21. The number of nitrogens with one attached hydrogen (secondary N) is 1. The molecule has 0 saturated carbocycles. The zero-order valence-corrected chi connectivity index (χ0v) is 27.0. The van der Waals surface area contributed by atoms with Gasteiger partial charge in [0, 0.05) is 41.0 Å². The smallest absolute Gasteiger partial charge is 0.239 e. The van der Waals surface area contributed by atoms with E-state index in [4.69, 9.17) is 0 Å². The van der Waals surface area contributed by atoms with E-state index in [2.05, 4.69) is 182 Å². The maximum atomic E-state index is 3.56. The van der Waals surface area contributed by atoms with Gasteiger partial charge in [0.2, 0.25) is 11.5 Å². The van der Waals surface area contributed by atoms with Crippen LogP contribution in [0.3, 0.4) is 0 Å². The van der Waals surface area contributed by atoms with E-state index >= 15 is 0 Å². The van der Waals surface area contributed by atoms with Crippen molar-refractivity contribution in [3.8, 4) is 0 Å². The van der Waals surface area contributed by atoms with Crippen LogP contribution in [0.15, 0.2) is 146 Å². The van der Waals surface area contributed by atoms with Crippen LogP contribution in [0, 0.1) is 0 Å². The molecule has 0 amide bonds. The number of benzene rings is 4. The summed E-state index contributed by atoms with van der Waals surface area (Å²) in [5, 5.41) is 8.63. The van der Waals surface area contributed by atoms with E-state index in [9.17, 15) is 0 Å². The summed E-state index contributed by atoms with van der Waals surface area (Å²) in [7, 11) is 2.02. The molecule has 7 aromatic rings. The Morgan fingerprint density at radius 2 is 1.54 bits per heavy atom. The van der Waals surface area contributed by atoms with Gasteiger partial charge in [0.05, 0.1) is 29.0 Å². The van der Waals surface area contributed by atoms with Crippen LogP contribution in [-0.2, 0) is 6.54 Å². The Morgan fingerprint density at radius 1 is 0.792 bits per heavy atom. The number of para-hydroxylation sites is 3. The fourth-order valence-corrected chi connectivity index (χ4v) is 8.51. The molecule has 1 N–H and O–H groups in total. The van der Waals surface area contributed by atoms with Crippen LogP contribution >= 0.6 is 0 Å². The summed E-state index contributed by atoms with van der Waals surface area (Å²) in [4.78, 5) is 5.07. The van der Waals surface area contributed by atoms with Gasteiger partial charge in [-0.3, -0.25) is 4.57 Å². The predicted molar refractivity (Wildman–Crippen MR) is 197 cm³/mol. The van der Waals surface area contributed by atoms with Gasteiger partial charge in [0.15, 0.2) is 6.17 Å². The second-order valence-electron chi connectivity index (χ2n) is 12.8. The molecule has 0 saturated heterocycles. The average Bonchev–Trinajstić information content (AvgIpc) is 3.54. The fraction of sp³-hybridized carbons (Fsp3) is 0.119. The fourth-order valence-electron chi connectivity index (χ4n) is 8.51. The van der Waals surface area contributed by atoms with Crippen molar-refractivity contribution >= 4 is 66.8 Å². The van der Waals surface area contributed by atoms with E-state index in [0.29, 0.717) is 0 Å². The van der Waals surface area contributed by atoms with E-state index in [0.717, 1.165) is 23.9 Å². The first-order chi connectivity index (χ1) is 23.8.